The van der Waals surface area contributed by atoms with Gasteiger partial charge in [0.2, 0.25) is 0 Å². The van der Waals surface area contributed by atoms with E-state index in [1.54, 1.807) is 0 Å². The number of hydrogen-bond donors (Lipinski definition) is 0. The van der Waals surface area contributed by atoms with Crippen LogP contribution in [-0.4, -0.2) is 37.1 Å². The molecule has 2 saturated carbocycles. The van der Waals surface area contributed by atoms with Gasteiger partial charge in [0.05, 0.1) is 25.0 Å². The molecule has 8 nitrogen and oxygen atoms in total. The van der Waals surface area contributed by atoms with E-state index in [1.807, 2.05) is 48.5 Å². The summed E-state index contributed by atoms with van der Waals surface area (Å²) in [4.78, 5) is 47.9. The molecular weight excluding hydrogens is 680 g/mol. The van der Waals surface area contributed by atoms with Gasteiger partial charge in [0, 0.05) is 12.2 Å². The van der Waals surface area contributed by atoms with Crippen molar-refractivity contribution in [1.82, 2.24) is 0 Å². The van der Waals surface area contributed by atoms with E-state index in [0.717, 1.165) is 103 Å². The minimum atomic E-state index is -0.355. The van der Waals surface area contributed by atoms with Crippen molar-refractivity contribution in [3.8, 4) is 11.5 Å². The van der Waals surface area contributed by atoms with E-state index < -0.39 is 0 Å². The zero-order chi connectivity index (χ0) is 38.4. The van der Waals surface area contributed by atoms with Crippen LogP contribution < -0.4 is 9.47 Å². The third kappa shape index (κ3) is 16.0. The molecule has 2 aromatic rings. The van der Waals surface area contributed by atoms with Crippen LogP contribution in [0.2, 0.25) is 0 Å². The number of unbranched alkanes of at least 4 members (excludes halogenated alkanes) is 6. The summed E-state index contributed by atoms with van der Waals surface area (Å²) in [5.74, 6) is 1.55. The van der Waals surface area contributed by atoms with Crippen molar-refractivity contribution < 1.29 is 38.1 Å². The maximum absolute atomic E-state index is 12.9. The van der Waals surface area contributed by atoms with Crippen LogP contribution in [0.15, 0.2) is 73.8 Å². The second-order valence-electron chi connectivity index (χ2n) is 15.2. The van der Waals surface area contributed by atoms with E-state index in [2.05, 4.69) is 13.2 Å². The molecule has 2 aliphatic rings. The van der Waals surface area contributed by atoms with Crippen LogP contribution in [0.25, 0.3) is 0 Å². The Morgan fingerprint density at radius 3 is 1.20 bits per heavy atom. The monoisotopic (exact) mass is 742 g/mol. The highest BCUT2D eigenvalue weighted by molar-refractivity contribution is 5.81. The molecule has 2 aromatic carbocycles. The number of hydrogen-bond acceptors (Lipinski definition) is 8. The highest BCUT2D eigenvalue weighted by Gasteiger charge is 2.28. The normalized spacial score (nSPS) is 19.6. The third-order valence-corrected chi connectivity index (χ3v) is 11.2. The average Bonchev–Trinajstić information content (AvgIpc) is 3.20. The number of rotatable bonds is 23. The number of esters is 4. The Balaban J connectivity index is 1.04. The van der Waals surface area contributed by atoms with Gasteiger partial charge >= 0.3 is 23.9 Å². The van der Waals surface area contributed by atoms with Crippen LogP contribution in [0.1, 0.15) is 127 Å². The van der Waals surface area contributed by atoms with Gasteiger partial charge in [-0.3, -0.25) is 9.59 Å². The molecule has 54 heavy (non-hydrogen) atoms. The first kappa shape index (κ1) is 42.5. The molecule has 0 amide bonds. The van der Waals surface area contributed by atoms with E-state index in [9.17, 15) is 19.2 Å². The molecule has 2 fully saturated rings. The lowest BCUT2D eigenvalue weighted by atomic mass is 9.80. The quantitative estimate of drug-likeness (QED) is 0.0480. The van der Waals surface area contributed by atoms with E-state index >= 15 is 0 Å². The first-order chi connectivity index (χ1) is 26.3. The first-order valence-corrected chi connectivity index (χ1v) is 20.5. The highest BCUT2D eigenvalue weighted by Crippen LogP contribution is 2.34. The summed E-state index contributed by atoms with van der Waals surface area (Å²) >= 11 is 0. The smallest absolute Gasteiger partial charge is 0.330 e. The van der Waals surface area contributed by atoms with Crippen molar-refractivity contribution >= 4 is 23.9 Å². The Hall–Kier alpha value is -4.20. The van der Waals surface area contributed by atoms with E-state index in [1.165, 1.54) is 49.0 Å². The molecule has 8 heteroatoms. The van der Waals surface area contributed by atoms with Crippen molar-refractivity contribution in [1.29, 1.82) is 0 Å². The van der Waals surface area contributed by atoms with Crippen molar-refractivity contribution in [3.63, 3.8) is 0 Å². The number of carbonyl (C=O) groups excluding carboxylic acids is 4. The van der Waals surface area contributed by atoms with Gasteiger partial charge in [0.1, 0.15) is 11.5 Å². The maximum Gasteiger partial charge on any atom is 0.330 e. The summed E-state index contributed by atoms with van der Waals surface area (Å²) in [5.41, 5.74) is 2.34. The Morgan fingerprint density at radius 2 is 0.852 bits per heavy atom. The molecule has 0 aliphatic heterocycles. The van der Waals surface area contributed by atoms with Gasteiger partial charge < -0.3 is 18.9 Å². The predicted octanol–water partition coefficient (Wildman–Crippen LogP) is 10.3. The molecule has 0 aromatic heterocycles. The molecule has 0 atom stereocenters. The van der Waals surface area contributed by atoms with E-state index in [-0.39, 0.29) is 35.7 Å². The van der Waals surface area contributed by atoms with Gasteiger partial charge in [0.15, 0.2) is 0 Å². The Labute approximate surface area is 323 Å². The lowest BCUT2D eigenvalue weighted by Gasteiger charge is -2.27. The Morgan fingerprint density at radius 1 is 0.500 bits per heavy atom. The van der Waals surface area contributed by atoms with Gasteiger partial charge in [0.25, 0.3) is 0 Å². The van der Waals surface area contributed by atoms with Crippen molar-refractivity contribution in [3.05, 3.63) is 85.0 Å². The van der Waals surface area contributed by atoms with Crippen LogP contribution in [0, 0.1) is 23.7 Å². The van der Waals surface area contributed by atoms with Gasteiger partial charge in [-0.15, -0.1) is 0 Å². The van der Waals surface area contributed by atoms with E-state index in [4.69, 9.17) is 18.9 Å². The molecule has 2 aliphatic carbocycles. The standard InChI is InChI=1S/C46H62O8/c1-3-43(47)51-33-11-7-5-9-13-35-17-25-39(26-18-35)45(49)53-41-29-21-37(22-30-41)15-16-38-23-31-42(32-24-38)54-46(50)40-27-19-36(20-28-40)14-10-6-8-12-34-52-44(48)4-2/h3-4,21-24,29-32,35-36,39-40H,1-2,5-20,25-28,33-34H2. The number of benzene rings is 2. The second-order valence-corrected chi connectivity index (χ2v) is 15.2. The van der Waals surface area contributed by atoms with Gasteiger partial charge in [-0.2, -0.15) is 0 Å². The zero-order valence-corrected chi connectivity index (χ0v) is 32.3. The summed E-state index contributed by atoms with van der Waals surface area (Å²) in [6.07, 6.45) is 22.9. The molecule has 0 spiro atoms. The highest BCUT2D eigenvalue weighted by atomic mass is 16.5. The van der Waals surface area contributed by atoms with Gasteiger partial charge in [-0.05, 0) is 124 Å². The molecule has 0 unspecified atom stereocenters. The zero-order valence-electron chi connectivity index (χ0n) is 32.3. The van der Waals surface area contributed by atoms with Crippen LogP contribution >= 0.6 is 0 Å². The van der Waals surface area contributed by atoms with Crippen molar-refractivity contribution in [2.75, 3.05) is 13.2 Å². The maximum atomic E-state index is 12.9. The molecule has 0 saturated heterocycles. The summed E-state index contributed by atoms with van der Waals surface area (Å²) in [7, 11) is 0. The fraction of sp³-hybridized carbons (Fsp3) is 0.565. The predicted molar refractivity (Wildman–Crippen MR) is 211 cm³/mol. The molecular formula is C46H62O8. The van der Waals surface area contributed by atoms with E-state index in [0.29, 0.717) is 36.5 Å². The van der Waals surface area contributed by atoms with Crippen LogP contribution in [0.5, 0.6) is 11.5 Å². The topological polar surface area (TPSA) is 105 Å². The molecule has 294 valence electrons. The third-order valence-electron chi connectivity index (χ3n) is 11.2. The lowest BCUT2D eigenvalue weighted by molar-refractivity contribution is -0.141. The fourth-order valence-electron chi connectivity index (χ4n) is 7.75. The van der Waals surface area contributed by atoms with Gasteiger partial charge in [-0.1, -0.05) is 88.8 Å². The van der Waals surface area contributed by atoms with Crippen molar-refractivity contribution in [2.24, 2.45) is 23.7 Å². The van der Waals surface area contributed by atoms with Crippen LogP contribution in [0.4, 0.5) is 0 Å². The molecule has 0 radical (unpaired) electrons. The van der Waals surface area contributed by atoms with Crippen molar-refractivity contribution in [2.45, 2.75) is 128 Å². The largest absolute Gasteiger partial charge is 0.463 e. The average molecular weight is 743 g/mol. The molecule has 0 bridgehead atoms. The summed E-state index contributed by atoms with van der Waals surface area (Å²) < 4.78 is 21.6. The number of aryl methyl sites for hydroxylation is 2. The minimum absolute atomic E-state index is 0.0288. The van der Waals surface area contributed by atoms with Crippen LogP contribution in [-0.2, 0) is 41.5 Å². The number of carbonyl (C=O) groups is 4. The first-order valence-electron chi connectivity index (χ1n) is 20.5. The lowest BCUT2D eigenvalue weighted by Crippen LogP contribution is -2.25. The summed E-state index contributed by atoms with van der Waals surface area (Å²) in [5, 5.41) is 0. The molecule has 4 rings (SSSR count). The minimum Gasteiger partial charge on any atom is -0.463 e. The second kappa shape index (κ2) is 24.3. The van der Waals surface area contributed by atoms with Gasteiger partial charge in [-0.25, -0.2) is 9.59 Å². The molecule has 0 N–H and O–H groups in total. The summed E-state index contributed by atoms with van der Waals surface area (Å²) in [6.45, 7) is 7.73. The van der Waals surface area contributed by atoms with Crippen LogP contribution in [0.3, 0.4) is 0 Å². The SMILES string of the molecule is C=CC(=O)OCCCCCCC1CCC(C(=O)Oc2ccc(CCc3ccc(OC(=O)C4CCC(CCCCCCOC(=O)C=C)CC4)cc3)cc2)CC1. The fourth-order valence-corrected chi connectivity index (χ4v) is 7.75. The summed E-state index contributed by atoms with van der Waals surface area (Å²) in [6, 6.07) is 15.7. The Bertz CT molecular complexity index is 1340. The molecule has 0 heterocycles. The Kier molecular flexibility index (Phi) is 19.1. The number of ether oxygens (including phenoxy) is 4.